The lowest BCUT2D eigenvalue weighted by atomic mass is 10.1. The second-order valence-corrected chi connectivity index (χ2v) is 8.71. The number of hydrogen-bond donors (Lipinski definition) is 3. The number of nitrogens with one attached hydrogen (secondary N) is 1. The Morgan fingerprint density at radius 3 is 1.94 bits per heavy atom. The Hall–Kier alpha value is -1.93. The molecule has 1 atom stereocenters. The van der Waals surface area contributed by atoms with Crippen LogP contribution in [-0.4, -0.2) is 58.9 Å². The second kappa shape index (κ2) is 22.8. The van der Waals surface area contributed by atoms with Crippen molar-refractivity contribution in [1.82, 2.24) is 10.4 Å². The van der Waals surface area contributed by atoms with Crippen LogP contribution in [0.1, 0.15) is 110 Å². The molecule has 0 fully saturated rings. The molecule has 0 spiro atoms. The molecule has 0 heterocycles. The largest absolute Gasteiger partial charge is 0.480 e. The smallest absolute Gasteiger partial charge is 0.323 e. The van der Waals surface area contributed by atoms with Crippen LogP contribution in [-0.2, 0) is 19.2 Å². The number of nitrogens with zero attached hydrogens (tertiary/aromatic N) is 1. The number of aliphatic carboxylic acids is 2. The molecule has 0 saturated carbocycles. The maximum Gasteiger partial charge on any atom is 0.323 e. The van der Waals surface area contributed by atoms with Gasteiger partial charge in [0.25, 0.3) is 0 Å². The Labute approximate surface area is 206 Å². The molecule has 0 aliphatic rings. The highest BCUT2D eigenvalue weighted by atomic mass is 16.7. The quantitative estimate of drug-likeness (QED) is 0.0964. The lowest BCUT2D eigenvalue weighted by Crippen LogP contribution is -2.45. The van der Waals surface area contributed by atoms with E-state index in [0.717, 1.165) is 30.7 Å². The number of carboxylic acid groups (broad SMARTS) is 2. The monoisotopic (exact) mass is 484 g/mol. The highest BCUT2D eigenvalue weighted by molar-refractivity contribution is 5.77. The third-order valence-corrected chi connectivity index (χ3v) is 5.62. The standard InChI is InChI=1S/C26H48N2O6/c1-3-5-6-7-8-9-10-11-12-13-14-15-16-17-18-19-24(29)27-21-20-23(26(32)33)28(34-4-2)22-25(30)31/h11-12,23H,3-10,13-22H2,1-2H3,(H,27,29)(H,30,31)(H,32,33)/b12-11-. The average molecular weight is 485 g/mol. The van der Waals surface area contributed by atoms with Crippen LogP contribution in [0, 0.1) is 0 Å². The summed E-state index contributed by atoms with van der Waals surface area (Å²) in [6.45, 7) is 3.69. The van der Waals surface area contributed by atoms with Crippen molar-refractivity contribution in [3.63, 3.8) is 0 Å². The van der Waals surface area contributed by atoms with Gasteiger partial charge in [-0.2, -0.15) is 5.06 Å². The first-order chi connectivity index (χ1) is 16.4. The van der Waals surface area contributed by atoms with Gasteiger partial charge in [0.05, 0.1) is 6.61 Å². The first-order valence-electron chi connectivity index (χ1n) is 13.2. The van der Waals surface area contributed by atoms with Crippen molar-refractivity contribution in [3.8, 4) is 0 Å². The first kappa shape index (κ1) is 32.1. The Balaban J connectivity index is 3.77. The van der Waals surface area contributed by atoms with Crippen LogP contribution in [0.2, 0.25) is 0 Å². The van der Waals surface area contributed by atoms with Gasteiger partial charge in [-0.3, -0.25) is 19.2 Å². The zero-order chi connectivity index (χ0) is 25.4. The molecule has 3 N–H and O–H groups in total. The van der Waals surface area contributed by atoms with E-state index in [1.54, 1.807) is 6.92 Å². The number of hydroxylamine groups is 2. The molecule has 0 radical (unpaired) electrons. The van der Waals surface area contributed by atoms with Crippen molar-refractivity contribution < 1.29 is 29.4 Å². The van der Waals surface area contributed by atoms with Gasteiger partial charge in [-0.25, -0.2) is 0 Å². The molecule has 0 aliphatic carbocycles. The van der Waals surface area contributed by atoms with Gasteiger partial charge in [0.15, 0.2) is 0 Å². The van der Waals surface area contributed by atoms with Crippen molar-refractivity contribution in [2.75, 3.05) is 19.7 Å². The Bertz CT molecular complexity index is 567. The predicted octanol–water partition coefficient (Wildman–Crippen LogP) is 5.32. The van der Waals surface area contributed by atoms with Gasteiger partial charge in [-0.1, -0.05) is 70.4 Å². The Morgan fingerprint density at radius 2 is 1.41 bits per heavy atom. The number of unbranched alkanes of at least 4 members (excludes halogenated alkanes) is 11. The maximum absolute atomic E-state index is 12.0. The molecule has 8 heteroatoms. The van der Waals surface area contributed by atoms with E-state index in [0.29, 0.717) is 6.42 Å². The summed E-state index contributed by atoms with van der Waals surface area (Å²) in [4.78, 5) is 39.5. The van der Waals surface area contributed by atoms with Gasteiger partial charge in [0.1, 0.15) is 12.6 Å². The predicted molar refractivity (Wildman–Crippen MR) is 134 cm³/mol. The molecule has 8 nitrogen and oxygen atoms in total. The number of carboxylic acids is 2. The Kier molecular flexibility index (Phi) is 21.5. The van der Waals surface area contributed by atoms with Gasteiger partial charge in [-0.05, 0) is 45.4 Å². The summed E-state index contributed by atoms with van der Waals surface area (Å²) in [5.74, 6) is -2.46. The lowest BCUT2D eigenvalue weighted by Gasteiger charge is -2.26. The summed E-state index contributed by atoms with van der Waals surface area (Å²) in [6.07, 6.45) is 20.7. The summed E-state index contributed by atoms with van der Waals surface area (Å²) < 4.78 is 0. The summed E-state index contributed by atoms with van der Waals surface area (Å²) in [5.41, 5.74) is 0. The van der Waals surface area contributed by atoms with Crippen molar-refractivity contribution in [2.24, 2.45) is 0 Å². The number of allylic oxidation sites excluding steroid dienone is 2. The third kappa shape index (κ3) is 19.5. The maximum atomic E-state index is 12.0. The molecule has 198 valence electrons. The van der Waals surface area contributed by atoms with E-state index in [-0.39, 0.29) is 25.5 Å². The van der Waals surface area contributed by atoms with Gasteiger partial charge in [0, 0.05) is 13.0 Å². The summed E-state index contributed by atoms with van der Waals surface area (Å²) in [6, 6.07) is -1.13. The van der Waals surface area contributed by atoms with Crippen molar-refractivity contribution in [2.45, 2.75) is 116 Å². The van der Waals surface area contributed by atoms with Crippen LogP contribution >= 0.6 is 0 Å². The SMILES string of the molecule is CCCCCCCC/C=C\CCCCCCCC(=O)NCCC(C(=O)O)N(CC(=O)O)OCC. The van der Waals surface area contributed by atoms with Crippen LogP contribution in [0.15, 0.2) is 12.2 Å². The summed E-state index contributed by atoms with van der Waals surface area (Å²) in [5, 5.41) is 22.0. The van der Waals surface area contributed by atoms with Crippen molar-refractivity contribution >= 4 is 17.8 Å². The molecular formula is C26H48N2O6. The molecule has 0 aromatic carbocycles. The van der Waals surface area contributed by atoms with Gasteiger partial charge in [-0.15, -0.1) is 0 Å². The fraction of sp³-hybridized carbons (Fsp3) is 0.808. The summed E-state index contributed by atoms with van der Waals surface area (Å²) >= 11 is 0. The van der Waals surface area contributed by atoms with Crippen LogP contribution in [0.5, 0.6) is 0 Å². The average Bonchev–Trinajstić information content (AvgIpc) is 2.78. The number of hydrogen-bond acceptors (Lipinski definition) is 5. The molecular weight excluding hydrogens is 436 g/mol. The second-order valence-electron chi connectivity index (χ2n) is 8.71. The van der Waals surface area contributed by atoms with E-state index in [9.17, 15) is 19.5 Å². The fourth-order valence-corrected chi connectivity index (χ4v) is 3.73. The van der Waals surface area contributed by atoms with Crippen LogP contribution in [0.25, 0.3) is 0 Å². The molecule has 1 amide bonds. The molecule has 0 bridgehead atoms. The van der Waals surface area contributed by atoms with E-state index < -0.39 is 24.5 Å². The summed E-state index contributed by atoms with van der Waals surface area (Å²) in [7, 11) is 0. The molecule has 0 saturated heterocycles. The molecule has 0 aromatic heterocycles. The van der Waals surface area contributed by atoms with Gasteiger partial charge >= 0.3 is 11.9 Å². The van der Waals surface area contributed by atoms with Crippen molar-refractivity contribution in [3.05, 3.63) is 12.2 Å². The van der Waals surface area contributed by atoms with E-state index in [1.165, 1.54) is 57.8 Å². The van der Waals surface area contributed by atoms with Gasteiger partial charge in [0.2, 0.25) is 5.91 Å². The minimum absolute atomic E-state index is 0.0702. The first-order valence-corrected chi connectivity index (χ1v) is 13.2. The van der Waals surface area contributed by atoms with Crippen LogP contribution in [0.4, 0.5) is 0 Å². The normalized spacial score (nSPS) is 12.3. The molecule has 0 aromatic rings. The number of rotatable bonds is 24. The Morgan fingerprint density at radius 1 is 0.853 bits per heavy atom. The van der Waals surface area contributed by atoms with E-state index in [2.05, 4.69) is 24.4 Å². The topological polar surface area (TPSA) is 116 Å². The van der Waals surface area contributed by atoms with Crippen LogP contribution < -0.4 is 5.32 Å². The molecule has 1 unspecified atom stereocenters. The minimum atomic E-state index is -1.18. The van der Waals surface area contributed by atoms with E-state index in [1.807, 2.05) is 0 Å². The number of amides is 1. The highest BCUT2D eigenvalue weighted by Gasteiger charge is 2.28. The van der Waals surface area contributed by atoms with Gasteiger partial charge < -0.3 is 15.5 Å². The number of carbonyl (C=O) groups is 3. The highest BCUT2D eigenvalue weighted by Crippen LogP contribution is 2.10. The molecule has 0 rings (SSSR count). The molecule has 0 aliphatic heterocycles. The van der Waals surface area contributed by atoms with Crippen LogP contribution in [0.3, 0.4) is 0 Å². The van der Waals surface area contributed by atoms with E-state index in [4.69, 9.17) is 9.94 Å². The lowest BCUT2D eigenvalue weighted by molar-refractivity contribution is -0.202. The zero-order valence-corrected chi connectivity index (χ0v) is 21.4. The minimum Gasteiger partial charge on any atom is -0.480 e. The van der Waals surface area contributed by atoms with E-state index >= 15 is 0 Å². The zero-order valence-electron chi connectivity index (χ0n) is 21.4. The molecule has 34 heavy (non-hydrogen) atoms. The third-order valence-electron chi connectivity index (χ3n) is 5.62. The van der Waals surface area contributed by atoms with Crippen molar-refractivity contribution in [1.29, 1.82) is 0 Å². The number of carbonyl (C=O) groups excluding carboxylic acids is 1. The fourth-order valence-electron chi connectivity index (χ4n) is 3.73.